The van der Waals surface area contributed by atoms with Crippen LogP contribution in [0.15, 0.2) is 58.0 Å². The summed E-state index contributed by atoms with van der Waals surface area (Å²) in [5.74, 6) is 0.477. The fourth-order valence-corrected chi connectivity index (χ4v) is 2.58. The van der Waals surface area contributed by atoms with E-state index in [1.807, 2.05) is 37.3 Å². The number of rotatable bonds is 7. The standard InChI is InChI=1S/C16H17NO3S/c1-12(10-14(18)15-8-5-9-20-15)17-16(19)11-21-13-6-3-2-4-7-13/h2-9,12H,10-11H2,1H3,(H,17,19)/t12-/m1/s1. The molecule has 0 saturated carbocycles. The van der Waals surface area contributed by atoms with Crippen molar-refractivity contribution in [3.63, 3.8) is 0 Å². The van der Waals surface area contributed by atoms with Gasteiger partial charge < -0.3 is 9.73 Å². The number of Topliss-reactive ketones (excluding diaryl/α,β-unsaturated/α-hetero) is 1. The molecule has 0 fully saturated rings. The first-order chi connectivity index (χ1) is 10.1. The van der Waals surface area contributed by atoms with Crippen molar-refractivity contribution >= 4 is 23.5 Å². The summed E-state index contributed by atoms with van der Waals surface area (Å²) in [4.78, 5) is 24.7. The van der Waals surface area contributed by atoms with Gasteiger partial charge >= 0.3 is 0 Å². The van der Waals surface area contributed by atoms with Gasteiger partial charge in [0.2, 0.25) is 5.91 Å². The van der Waals surface area contributed by atoms with E-state index in [9.17, 15) is 9.59 Å². The predicted molar refractivity (Wildman–Crippen MR) is 82.4 cm³/mol. The fourth-order valence-electron chi connectivity index (χ4n) is 1.85. The molecule has 110 valence electrons. The maximum atomic E-state index is 11.8. The van der Waals surface area contributed by atoms with Crippen LogP contribution in [0.5, 0.6) is 0 Å². The average Bonchev–Trinajstić information content (AvgIpc) is 3.00. The number of carbonyl (C=O) groups excluding carboxylic acids is 2. The molecule has 0 aliphatic heterocycles. The van der Waals surface area contributed by atoms with Crippen molar-refractivity contribution in [2.75, 3.05) is 5.75 Å². The number of hydrogen-bond donors (Lipinski definition) is 1. The molecular weight excluding hydrogens is 286 g/mol. The van der Waals surface area contributed by atoms with Gasteiger partial charge in [0.15, 0.2) is 11.5 Å². The van der Waals surface area contributed by atoms with Crippen LogP contribution in [0.4, 0.5) is 0 Å². The van der Waals surface area contributed by atoms with Crippen LogP contribution in [-0.2, 0) is 4.79 Å². The van der Waals surface area contributed by atoms with Crippen LogP contribution >= 0.6 is 11.8 Å². The number of hydrogen-bond acceptors (Lipinski definition) is 4. The minimum absolute atomic E-state index is 0.0800. The number of amides is 1. The number of carbonyl (C=O) groups is 2. The summed E-state index contributed by atoms with van der Waals surface area (Å²) in [6, 6.07) is 12.8. The van der Waals surface area contributed by atoms with E-state index in [2.05, 4.69) is 5.32 Å². The fraction of sp³-hybridized carbons (Fsp3) is 0.250. The van der Waals surface area contributed by atoms with Crippen LogP contribution in [0.1, 0.15) is 23.9 Å². The van der Waals surface area contributed by atoms with Crippen LogP contribution in [-0.4, -0.2) is 23.5 Å². The molecule has 1 atom stereocenters. The second-order valence-electron chi connectivity index (χ2n) is 4.67. The largest absolute Gasteiger partial charge is 0.461 e. The summed E-state index contributed by atoms with van der Waals surface area (Å²) < 4.78 is 5.04. The minimum Gasteiger partial charge on any atom is -0.461 e. The molecule has 1 aromatic carbocycles. The Morgan fingerprint density at radius 1 is 1.19 bits per heavy atom. The second kappa shape index (κ2) is 7.69. The first-order valence-corrected chi connectivity index (χ1v) is 7.67. The van der Waals surface area contributed by atoms with Crippen LogP contribution in [0.2, 0.25) is 0 Å². The molecule has 0 spiro atoms. The highest BCUT2D eigenvalue weighted by atomic mass is 32.2. The summed E-state index contributed by atoms with van der Waals surface area (Å²) >= 11 is 1.47. The third kappa shape index (κ3) is 5.11. The van der Waals surface area contributed by atoms with Crippen LogP contribution in [0.25, 0.3) is 0 Å². The number of thioether (sulfide) groups is 1. The smallest absolute Gasteiger partial charge is 0.230 e. The van der Waals surface area contributed by atoms with Gasteiger partial charge in [0.25, 0.3) is 0 Å². The topological polar surface area (TPSA) is 59.3 Å². The molecule has 0 aliphatic rings. The highest BCUT2D eigenvalue weighted by Gasteiger charge is 2.15. The maximum Gasteiger partial charge on any atom is 0.230 e. The zero-order valence-corrected chi connectivity index (χ0v) is 12.6. The molecule has 2 rings (SSSR count). The lowest BCUT2D eigenvalue weighted by molar-refractivity contribution is -0.119. The number of ketones is 1. The van der Waals surface area contributed by atoms with Gasteiger partial charge in [-0.15, -0.1) is 11.8 Å². The van der Waals surface area contributed by atoms with Gasteiger partial charge in [0, 0.05) is 17.4 Å². The summed E-state index contributed by atoms with van der Waals surface area (Å²) in [7, 11) is 0. The zero-order valence-electron chi connectivity index (χ0n) is 11.7. The van der Waals surface area contributed by atoms with Gasteiger partial charge in [0.05, 0.1) is 12.0 Å². The molecule has 1 amide bonds. The molecule has 1 heterocycles. The van der Waals surface area contributed by atoms with Gasteiger partial charge in [-0.25, -0.2) is 0 Å². The highest BCUT2D eigenvalue weighted by Crippen LogP contribution is 2.16. The maximum absolute atomic E-state index is 11.8. The quantitative estimate of drug-likeness (QED) is 0.630. The van der Waals surface area contributed by atoms with Gasteiger partial charge in [-0.3, -0.25) is 9.59 Å². The van der Waals surface area contributed by atoms with Gasteiger partial charge in [-0.1, -0.05) is 18.2 Å². The van der Waals surface area contributed by atoms with E-state index < -0.39 is 0 Å². The van der Waals surface area contributed by atoms with Crippen LogP contribution in [0.3, 0.4) is 0 Å². The minimum atomic E-state index is -0.216. The average molecular weight is 303 g/mol. The van der Waals surface area contributed by atoms with E-state index in [1.165, 1.54) is 18.0 Å². The summed E-state index contributed by atoms with van der Waals surface area (Å²) in [6.45, 7) is 1.81. The van der Waals surface area contributed by atoms with E-state index in [1.54, 1.807) is 12.1 Å². The van der Waals surface area contributed by atoms with E-state index in [4.69, 9.17) is 4.42 Å². The Morgan fingerprint density at radius 3 is 2.62 bits per heavy atom. The lowest BCUT2D eigenvalue weighted by atomic mass is 10.1. The van der Waals surface area contributed by atoms with E-state index >= 15 is 0 Å². The molecule has 5 heteroatoms. The highest BCUT2D eigenvalue weighted by molar-refractivity contribution is 8.00. The van der Waals surface area contributed by atoms with Gasteiger partial charge in [-0.05, 0) is 31.2 Å². The van der Waals surface area contributed by atoms with Gasteiger partial charge in [-0.2, -0.15) is 0 Å². The second-order valence-corrected chi connectivity index (χ2v) is 5.72. The Morgan fingerprint density at radius 2 is 1.95 bits per heavy atom. The molecule has 2 aromatic rings. The Hall–Kier alpha value is -2.01. The summed E-state index contributed by atoms with van der Waals surface area (Å²) in [5, 5.41) is 2.82. The number of benzene rings is 1. The van der Waals surface area contributed by atoms with Crippen molar-refractivity contribution in [2.24, 2.45) is 0 Å². The molecular formula is C16H17NO3S. The Labute approximate surface area is 127 Å². The molecule has 1 aromatic heterocycles. The predicted octanol–water partition coefficient (Wildman–Crippen LogP) is 3.15. The summed E-state index contributed by atoms with van der Waals surface area (Å²) in [6.07, 6.45) is 1.70. The molecule has 21 heavy (non-hydrogen) atoms. The SMILES string of the molecule is C[C@H](CC(=O)c1ccco1)NC(=O)CSc1ccccc1. The zero-order chi connectivity index (χ0) is 15.1. The number of nitrogens with one attached hydrogen (secondary N) is 1. The van der Waals surface area contributed by atoms with Crippen molar-refractivity contribution in [1.29, 1.82) is 0 Å². The lowest BCUT2D eigenvalue weighted by Gasteiger charge is -2.12. The lowest BCUT2D eigenvalue weighted by Crippen LogP contribution is -2.35. The third-order valence-electron chi connectivity index (χ3n) is 2.81. The van der Waals surface area contributed by atoms with Crippen LogP contribution < -0.4 is 5.32 Å². The molecule has 0 radical (unpaired) electrons. The van der Waals surface area contributed by atoms with Crippen molar-refractivity contribution < 1.29 is 14.0 Å². The normalized spacial score (nSPS) is 11.9. The van der Waals surface area contributed by atoms with Crippen molar-refractivity contribution in [1.82, 2.24) is 5.32 Å². The summed E-state index contributed by atoms with van der Waals surface area (Å²) in [5.41, 5.74) is 0. The molecule has 0 saturated heterocycles. The van der Waals surface area contributed by atoms with E-state index in [-0.39, 0.29) is 24.2 Å². The molecule has 1 N–H and O–H groups in total. The monoisotopic (exact) mass is 303 g/mol. The van der Waals surface area contributed by atoms with Crippen molar-refractivity contribution in [3.8, 4) is 0 Å². The molecule has 0 aliphatic carbocycles. The molecule has 0 bridgehead atoms. The van der Waals surface area contributed by atoms with Crippen molar-refractivity contribution in [3.05, 3.63) is 54.5 Å². The number of furan rings is 1. The van der Waals surface area contributed by atoms with Gasteiger partial charge in [0.1, 0.15) is 0 Å². The van der Waals surface area contributed by atoms with Crippen LogP contribution in [0, 0.1) is 0 Å². The van der Waals surface area contributed by atoms with E-state index in [0.29, 0.717) is 11.5 Å². The molecule has 0 unspecified atom stereocenters. The van der Waals surface area contributed by atoms with Crippen molar-refractivity contribution in [2.45, 2.75) is 24.3 Å². The third-order valence-corrected chi connectivity index (χ3v) is 3.82. The Balaban J connectivity index is 1.73. The van der Waals surface area contributed by atoms with E-state index in [0.717, 1.165) is 4.90 Å². The Bertz CT molecular complexity index is 581. The Kier molecular flexibility index (Phi) is 5.63. The molecule has 4 nitrogen and oxygen atoms in total. The first kappa shape index (κ1) is 15.4. The first-order valence-electron chi connectivity index (χ1n) is 6.69.